The van der Waals surface area contributed by atoms with E-state index in [9.17, 15) is 4.79 Å². The first-order valence-corrected chi connectivity index (χ1v) is 6.71. The van der Waals surface area contributed by atoms with E-state index in [1.54, 1.807) is 10.7 Å². The maximum Gasteiger partial charge on any atom is 0.272 e. The zero-order valence-electron chi connectivity index (χ0n) is 11.4. The fraction of sp³-hybridized carbons (Fsp3) is 0.333. The Balaban J connectivity index is 1.87. The number of hydrogen-bond donors (Lipinski definition) is 1. The lowest BCUT2D eigenvalue weighted by Gasteiger charge is -2.31. The molecule has 2 aromatic rings. The van der Waals surface area contributed by atoms with Crippen molar-refractivity contribution in [1.29, 1.82) is 0 Å². The first-order chi connectivity index (χ1) is 9.69. The van der Waals surface area contributed by atoms with Crippen LogP contribution in [-0.4, -0.2) is 32.2 Å². The number of fused-ring (bicyclic) bond motifs is 1. The van der Waals surface area contributed by atoms with E-state index in [-0.39, 0.29) is 18.6 Å². The molecule has 1 aliphatic rings. The van der Waals surface area contributed by atoms with Gasteiger partial charge in [-0.05, 0) is 18.6 Å². The number of aliphatic hydroxyl groups is 1. The summed E-state index contributed by atoms with van der Waals surface area (Å²) in [5.41, 5.74) is 2.22. The molecule has 0 aliphatic carbocycles. The minimum Gasteiger partial charge on any atom is -0.390 e. The van der Waals surface area contributed by atoms with E-state index < -0.39 is 0 Å². The Labute approximate surface area is 117 Å². The highest BCUT2D eigenvalue weighted by Gasteiger charge is 2.30. The van der Waals surface area contributed by atoms with Crippen molar-refractivity contribution in [2.75, 3.05) is 6.54 Å². The highest BCUT2D eigenvalue weighted by Crippen LogP contribution is 2.22. The second-order valence-corrected chi connectivity index (χ2v) is 5.14. The van der Waals surface area contributed by atoms with Crippen molar-refractivity contribution in [2.45, 2.75) is 26.1 Å². The SMILES string of the molecule is C[C@H]1CN(Cc2ccccc2)C(=O)c2cc(CO)nn21. The number of rotatable bonds is 3. The fourth-order valence-electron chi connectivity index (χ4n) is 2.60. The third-order valence-corrected chi connectivity index (χ3v) is 3.57. The average Bonchev–Trinajstić information content (AvgIpc) is 2.91. The van der Waals surface area contributed by atoms with Crippen molar-refractivity contribution in [2.24, 2.45) is 0 Å². The summed E-state index contributed by atoms with van der Waals surface area (Å²) >= 11 is 0. The van der Waals surface area contributed by atoms with Gasteiger partial charge >= 0.3 is 0 Å². The Kier molecular flexibility index (Phi) is 3.28. The minimum absolute atomic E-state index is 0.0286. The number of benzene rings is 1. The third kappa shape index (κ3) is 2.20. The maximum atomic E-state index is 12.5. The maximum absolute atomic E-state index is 12.5. The van der Waals surface area contributed by atoms with Gasteiger partial charge in [0.05, 0.1) is 18.3 Å². The quantitative estimate of drug-likeness (QED) is 0.922. The highest BCUT2D eigenvalue weighted by molar-refractivity contribution is 5.93. The van der Waals surface area contributed by atoms with Gasteiger partial charge in [-0.1, -0.05) is 30.3 Å². The van der Waals surface area contributed by atoms with Gasteiger partial charge in [-0.25, -0.2) is 0 Å². The topological polar surface area (TPSA) is 58.4 Å². The molecule has 1 N–H and O–H groups in total. The third-order valence-electron chi connectivity index (χ3n) is 3.57. The van der Waals surface area contributed by atoms with E-state index in [0.717, 1.165) is 5.56 Å². The second-order valence-electron chi connectivity index (χ2n) is 5.14. The van der Waals surface area contributed by atoms with Gasteiger partial charge < -0.3 is 10.0 Å². The number of aromatic nitrogens is 2. The Morgan fingerprint density at radius 2 is 2.10 bits per heavy atom. The Morgan fingerprint density at radius 1 is 1.35 bits per heavy atom. The molecule has 104 valence electrons. The summed E-state index contributed by atoms with van der Waals surface area (Å²) in [7, 11) is 0. The average molecular weight is 271 g/mol. The summed E-state index contributed by atoms with van der Waals surface area (Å²) in [6, 6.07) is 11.7. The lowest BCUT2D eigenvalue weighted by molar-refractivity contribution is 0.0650. The van der Waals surface area contributed by atoms with Crippen molar-refractivity contribution < 1.29 is 9.90 Å². The van der Waals surface area contributed by atoms with Crippen molar-refractivity contribution in [3.05, 3.63) is 53.3 Å². The molecular weight excluding hydrogens is 254 g/mol. The molecule has 0 fully saturated rings. The van der Waals surface area contributed by atoms with Crippen LogP contribution in [0.3, 0.4) is 0 Å². The first-order valence-electron chi connectivity index (χ1n) is 6.71. The fourth-order valence-corrected chi connectivity index (χ4v) is 2.60. The van der Waals surface area contributed by atoms with Crippen LogP contribution in [0.5, 0.6) is 0 Å². The molecule has 0 unspecified atom stereocenters. The van der Waals surface area contributed by atoms with Crippen LogP contribution in [0.1, 0.15) is 34.7 Å². The molecule has 1 aromatic heterocycles. The molecular formula is C15H17N3O2. The first kappa shape index (κ1) is 12.9. The summed E-state index contributed by atoms with van der Waals surface area (Å²) in [6.45, 7) is 3.12. The van der Waals surface area contributed by atoms with E-state index in [1.165, 1.54) is 0 Å². The van der Waals surface area contributed by atoms with Gasteiger partial charge in [0.2, 0.25) is 0 Å². The van der Waals surface area contributed by atoms with Gasteiger partial charge in [0.15, 0.2) is 0 Å². The van der Waals surface area contributed by atoms with E-state index in [4.69, 9.17) is 5.11 Å². The summed E-state index contributed by atoms with van der Waals surface area (Å²) in [5, 5.41) is 13.4. The zero-order chi connectivity index (χ0) is 14.1. The number of carbonyl (C=O) groups is 1. The van der Waals surface area contributed by atoms with Crippen molar-refractivity contribution in [3.8, 4) is 0 Å². The number of nitrogens with zero attached hydrogens (tertiary/aromatic N) is 3. The number of amides is 1. The normalized spacial score (nSPS) is 18.2. The molecule has 5 nitrogen and oxygen atoms in total. The summed E-state index contributed by atoms with van der Waals surface area (Å²) in [4.78, 5) is 14.3. The van der Waals surface area contributed by atoms with E-state index in [2.05, 4.69) is 5.10 Å². The predicted octanol–water partition coefficient (Wildman–Crippen LogP) is 1.59. The monoisotopic (exact) mass is 271 g/mol. The van der Waals surface area contributed by atoms with Crippen LogP contribution in [-0.2, 0) is 13.2 Å². The molecule has 0 bridgehead atoms. The van der Waals surface area contributed by atoms with Gasteiger partial charge in [-0.15, -0.1) is 0 Å². The van der Waals surface area contributed by atoms with E-state index >= 15 is 0 Å². The molecule has 0 radical (unpaired) electrons. The minimum atomic E-state index is -0.140. The largest absolute Gasteiger partial charge is 0.390 e. The van der Waals surface area contributed by atoms with Gasteiger partial charge in [0.1, 0.15) is 5.69 Å². The smallest absolute Gasteiger partial charge is 0.272 e. The van der Waals surface area contributed by atoms with Crippen LogP contribution < -0.4 is 0 Å². The van der Waals surface area contributed by atoms with E-state index in [0.29, 0.717) is 24.5 Å². The van der Waals surface area contributed by atoms with Crippen LogP contribution in [0.15, 0.2) is 36.4 Å². The summed E-state index contributed by atoms with van der Waals surface area (Å²) < 4.78 is 1.72. The summed E-state index contributed by atoms with van der Waals surface area (Å²) in [6.07, 6.45) is 0. The zero-order valence-corrected chi connectivity index (χ0v) is 11.4. The number of aliphatic hydroxyl groups excluding tert-OH is 1. The lowest BCUT2D eigenvalue weighted by Crippen LogP contribution is -2.41. The molecule has 2 heterocycles. The standard InChI is InChI=1S/C15H17N3O2/c1-11-8-17(9-12-5-3-2-4-6-12)15(20)14-7-13(10-19)16-18(11)14/h2-7,11,19H,8-10H2,1H3/t11-/m0/s1. The lowest BCUT2D eigenvalue weighted by atomic mass is 10.1. The Bertz CT molecular complexity index is 621. The van der Waals surface area contributed by atoms with Gasteiger partial charge in [-0.2, -0.15) is 5.10 Å². The molecule has 20 heavy (non-hydrogen) atoms. The predicted molar refractivity (Wildman–Crippen MR) is 74.0 cm³/mol. The molecule has 1 aliphatic heterocycles. The van der Waals surface area contributed by atoms with Crippen molar-refractivity contribution in [3.63, 3.8) is 0 Å². The van der Waals surface area contributed by atoms with Crippen LogP contribution >= 0.6 is 0 Å². The second kappa shape index (κ2) is 5.09. The molecule has 3 rings (SSSR count). The number of carbonyl (C=O) groups excluding carboxylic acids is 1. The molecule has 0 saturated heterocycles. The number of hydrogen-bond acceptors (Lipinski definition) is 3. The Morgan fingerprint density at radius 3 is 2.80 bits per heavy atom. The molecule has 1 aromatic carbocycles. The van der Waals surface area contributed by atoms with Gasteiger partial charge in [0, 0.05) is 13.1 Å². The van der Waals surface area contributed by atoms with Gasteiger partial charge in [0.25, 0.3) is 5.91 Å². The van der Waals surface area contributed by atoms with Crippen LogP contribution in [0.4, 0.5) is 0 Å². The van der Waals surface area contributed by atoms with Crippen LogP contribution in [0.25, 0.3) is 0 Å². The Hall–Kier alpha value is -2.14. The van der Waals surface area contributed by atoms with Crippen molar-refractivity contribution in [1.82, 2.24) is 14.7 Å². The molecule has 5 heteroatoms. The van der Waals surface area contributed by atoms with Crippen LogP contribution in [0, 0.1) is 0 Å². The van der Waals surface area contributed by atoms with Crippen molar-refractivity contribution >= 4 is 5.91 Å². The van der Waals surface area contributed by atoms with Gasteiger partial charge in [-0.3, -0.25) is 9.48 Å². The van der Waals surface area contributed by atoms with E-state index in [1.807, 2.05) is 42.2 Å². The molecule has 1 atom stereocenters. The molecule has 1 amide bonds. The van der Waals surface area contributed by atoms with Crippen LogP contribution in [0.2, 0.25) is 0 Å². The highest BCUT2D eigenvalue weighted by atomic mass is 16.3. The summed E-state index contributed by atoms with van der Waals surface area (Å²) in [5.74, 6) is -0.0286. The molecule has 0 saturated carbocycles. The molecule has 0 spiro atoms.